The van der Waals surface area contributed by atoms with Crippen molar-refractivity contribution < 1.29 is 23.9 Å². The second-order valence-electron chi connectivity index (χ2n) is 7.00. The number of para-hydroxylation sites is 1. The van der Waals surface area contributed by atoms with Crippen molar-refractivity contribution >= 4 is 86.9 Å². The number of nitrogens with one attached hydrogen (secondary N) is 1. The molecule has 2 saturated heterocycles. The standard InChI is InChI=1S/C18H18Cl3IN2O5S/c1-17(22)9-30-15-12(23-11(25)7-28-10-5-3-2-4-6-10)14(26)24(15)13(17)16(27)29-8-18(19,20)21/h2-6,12-13,15H,7-9H2,1H3,(H,23,25)/t12?,13?,15-,17?/m1/s1. The molecular weight excluding hydrogens is 590 g/mol. The van der Waals surface area contributed by atoms with Crippen LogP contribution in [0.4, 0.5) is 0 Å². The van der Waals surface area contributed by atoms with Crippen molar-refractivity contribution in [1.29, 1.82) is 0 Å². The van der Waals surface area contributed by atoms with Gasteiger partial charge in [-0.15, -0.1) is 11.8 Å². The van der Waals surface area contributed by atoms with Crippen molar-refractivity contribution in [3.05, 3.63) is 30.3 Å². The van der Waals surface area contributed by atoms with Gasteiger partial charge in [0.05, 0.1) is 3.42 Å². The minimum atomic E-state index is -1.74. The molecule has 0 aliphatic carbocycles. The van der Waals surface area contributed by atoms with Gasteiger partial charge in [0.1, 0.15) is 29.8 Å². The van der Waals surface area contributed by atoms with E-state index in [1.54, 1.807) is 24.3 Å². The predicted octanol–water partition coefficient (Wildman–Crippen LogP) is 2.94. The Balaban J connectivity index is 1.61. The number of benzene rings is 1. The van der Waals surface area contributed by atoms with Crippen molar-refractivity contribution in [2.75, 3.05) is 19.0 Å². The van der Waals surface area contributed by atoms with E-state index in [0.29, 0.717) is 11.5 Å². The van der Waals surface area contributed by atoms with Crippen molar-refractivity contribution in [1.82, 2.24) is 10.2 Å². The normalized spacial score (nSPS) is 28.2. The van der Waals surface area contributed by atoms with Crippen molar-refractivity contribution in [2.45, 2.75) is 31.6 Å². The van der Waals surface area contributed by atoms with Crippen LogP contribution in [0, 0.1) is 0 Å². The Kier molecular flexibility index (Phi) is 7.59. The van der Waals surface area contributed by atoms with Gasteiger partial charge < -0.3 is 19.7 Å². The number of rotatable bonds is 6. The number of hydrogen-bond donors (Lipinski definition) is 1. The summed E-state index contributed by atoms with van der Waals surface area (Å²) in [5.74, 6) is -0.301. The Bertz CT molecular complexity index is 824. The summed E-state index contributed by atoms with van der Waals surface area (Å²) < 4.78 is 8.22. The molecule has 30 heavy (non-hydrogen) atoms. The third-order valence-corrected chi connectivity index (χ3v) is 7.92. The van der Waals surface area contributed by atoms with E-state index < -0.39 is 37.8 Å². The van der Waals surface area contributed by atoms with Crippen LogP contribution >= 0.6 is 69.2 Å². The molecule has 1 aromatic carbocycles. The van der Waals surface area contributed by atoms with E-state index >= 15 is 0 Å². The molecule has 0 bridgehead atoms. The Morgan fingerprint density at radius 1 is 1.33 bits per heavy atom. The Morgan fingerprint density at radius 3 is 2.63 bits per heavy atom. The van der Waals surface area contributed by atoms with E-state index in [0.717, 1.165) is 0 Å². The summed E-state index contributed by atoms with van der Waals surface area (Å²) in [5, 5.41) is 2.30. The number of carbonyl (C=O) groups is 3. The first-order valence-electron chi connectivity index (χ1n) is 8.83. The highest BCUT2D eigenvalue weighted by atomic mass is 127. The number of thioether (sulfide) groups is 1. The number of esters is 1. The molecule has 0 spiro atoms. The first kappa shape index (κ1) is 24.0. The zero-order chi connectivity index (χ0) is 22.1. The molecular formula is C18H18Cl3IN2O5S. The minimum absolute atomic E-state index is 0.218. The lowest BCUT2D eigenvalue weighted by molar-refractivity contribution is -0.166. The average Bonchev–Trinajstić information content (AvgIpc) is 2.68. The highest BCUT2D eigenvalue weighted by molar-refractivity contribution is 14.1. The van der Waals surface area contributed by atoms with Crippen LogP contribution in [-0.2, 0) is 19.1 Å². The predicted molar refractivity (Wildman–Crippen MR) is 124 cm³/mol. The third-order valence-electron chi connectivity index (χ3n) is 4.50. The number of alkyl halides is 4. The summed E-state index contributed by atoms with van der Waals surface area (Å²) in [4.78, 5) is 39.1. The molecule has 2 fully saturated rings. The van der Waals surface area contributed by atoms with Gasteiger partial charge in [-0.05, 0) is 19.1 Å². The van der Waals surface area contributed by atoms with E-state index in [2.05, 4.69) is 27.9 Å². The van der Waals surface area contributed by atoms with Gasteiger partial charge >= 0.3 is 5.97 Å². The third kappa shape index (κ3) is 5.59. The van der Waals surface area contributed by atoms with E-state index in [4.69, 9.17) is 44.3 Å². The van der Waals surface area contributed by atoms with Crippen molar-refractivity contribution in [2.24, 2.45) is 0 Å². The SMILES string of the molecule is CC1(I)CS[C@@H]2C(NC(=O)COc3ccccc3)C(=O)N2C1C(=O)OCC(Cl)(Cl)Cl. The minimum Gasteiger partial charge on any atom is -0.484 e. The smallest absolute Gasteiger partial charge is 0.330 e. The van der Waals surface area contributed by atoms with Crippen molar-refractivity contribution in [3.63, 3.8) is 0 Å². The molecule has 2 aliphatic rings. The van der Waals surface area contributed by atoms with Crippen LogP contribution in [0.5, 0.6) is 5.75 Å². The van der Waals surface area contributed by atoms with Crippen LogP contribution in [-0.4, -0.2) is 66.3 Å². The van der Waals surface area contributed by atoms with Gasteiger partial charge in [-0.2, -0.15) is 0 Å². The highest BCUT2D eigenvalue weighted by Crippen LogP contribution is 2.46. The summed E-state index contributed by atoms with van der Waals surface area (Å²) in [5.41, 5.74) is 0. The highest BCUT2D eigenvalue weighted by Gasteiger charge is 2.61. The van der Waals surface area contributed by atoms with Crippen molar-refractivity contribution in [3.8, 4) is 5.75 Å². The first-order valence-corrected chi connectivity index (χ1v) is 12.1. The van der Waals surface area contributed by atoms with Crippen LogP contribution in [0.15, 0.2) is 30.3 Å². The zero-order valence-corrected chi connectivity index (χ0v) is 20.9. The van der Waals surface area contributed by atoms with Crippen LogP contribution in [0.1, 0.15) is 6.92 Å². The average molecular weight is 608 g/mol. The molecule has 2 heterocycles. The number of amides is 2. The Morgan fingerprint density at radius 2 is 2.00 bits per heavy atom. The fraction of sp³-hybridized carbons (Fsp3) is 0.500. The largest absolute Gasteiger partial charge is 0.484 e. The molecule has 0 saturated carbocycles. The maximum atomic E-state index is 12.8. The van der Waals surface area contributed by atoms with E-state index in [9.17, 15) is 14.4 Å². The summed E-state index contributed by atoms with van der Waals surface area (Å²) in [6, 6.07) is 7.30. The Hall–Kier alpha value is -0.620. The number of nitrogens with zero attached hydrogens (tertiary/aromatic N) is 1. The number of halogens is 4. The van der Waals surface area contributed by atoms with Crippen LogP contribution in [0.2, 0.25) is 0 Å². The lowest BCUT2D eigenvalue weighted by atomic mass is 9.94. The van der Waals surface area contributed by atoms with Gasteiger partial charge in [0.25, 0.3) is 5.91 Å². The summed E-state index contributed by atoms with van der Waals surface area (Å²) >= 11 is 20.6. The number of β-lactam (4-membered cyclic amide) rings is 1. The van der Waals surface area contributed by atoms with Gasteiger partial charge in [-0.25, -0.2) is 4.79 Å². The molecule has 2 amide bonds. The summed E-state index contributed by atoms with van der Waals surface area (Å²) in [6.07, 6.45) is 0. The Labute approximate surface area is 206 Å². The van der Waals surface area contributed by atoms with Gasteiger partial charge in [-0.3, -0.25) is 9.59 Å². The molecule has 12 heteroatoms. The maximum Gasteiger partial charge on any atom is 0.330 e. The maximum absolute atomic E-state index is 12.8. The van der Waals surface area contributed by atoms with Crippen LogP contribution in [0.25, 0.3) is 0 Å². The van der Waals surface area contributed by atoms with Gasteiger partial charge in [-0.1, -0.05) is 75.6 Å². The number of ether oxygens (including phenoxy) is 2. The molecule has 3 rings (SSSR count). The molecule has 7 nitrogen and oxygen atoms in total. The molecule has 2 aliphatic heterocycles. The lowest BCUT2D eigenvalue weighted by Gasteiger charge is -2.56. The van der Waals surface area contributed by atoms with E-state index in [1.807, 2.05) is 13.0 Å². The molecule has 3 unspecified atom stereocenters. The summed E-state index contributed by atoms with van der Waals surface area (Å²) in [7, 11) is 0. The number of fused-ring (bicyclic) bond motifs is 1. The molecule has 1 N–H and O–H groups in total. The van der Waals surface area contributed by atoms with Crippen LogP contribution in [0.3, 0.4) is 0 Å². The molecule has 4 atom stereocenters. The first-order chi connectivity index (χ1) is 14.0. The molecule has 1 aromatic rings. The lowest BCUT2D eigenvalue weighted by Crippen LogP contribution is -2.78. The number of carbonyl (C=O) groups excluding carboxylic acids is 3. The monoisotopic (exact) mass is 606 g/mol. The van der Waals surface area contributed by atoms with Gasteiger partial charge in [0.15, 0.2) is 6.61 Å². The van der Waals surface area contributed by atoms with Crippen LogP contribution < -0.4 is 10.1 Å². The quantitative estimate of drug-likeness (QED) is 0.232. The van der Waals surface area contributed by atoms with E-state index in [1.165, 1.54) is 16.7 Å². The van der Waals surface area contributed by atoms with Gasteiger partial charge in [0, 0.05) is 5.75 Å². The van der Waals surface area contributed by atoms with E-state index in [-0.39, 0.29) is 17.9 Å². The fourth-order valence-electron chi connectivity index (χ4n) is 3.16. The van der Waals surface area contributed by atoms with Gasteiger partial charge in [0.2, 0.25) is 9.70 Å². The number of hydrogen-bond acceptors (Lipinski definition) is 6. The second-order valence-corrected chi connectivity index (χ2v) is 13.1. The summed E-state index contributed by atoms with van der Waals surface area (Å²) in [6.45, 7) is 1.21. The zero-order valence-electron chi connectivity index (χ0n) is 15.6. The second kappa shape index (κ2) is 9.48. The fourth-order valence-corrected chi connectivity index (χ4v) is 5.83. The molecule has 0 radical (unpaired) electrons. The molecule has 0 aromatic heterocycles. The topological polar surface area (TPSA) is 84.9 Å². The molecule has 164 valence electrons.